The Morgan fingerprint density at radius 2 is 1.84 bits per heavy atom. The predicted molar refractivity (Wildman–Crippen MR) is 131 cm³/mol. The Morgan fingerprint density at radius 3 is 2.47 bits per heavy atom. The van der Waals surface area contributed by atoms with Crippen molar-refractivity contribution in [1.82, 2.24) is 20.1 Å². The molecule has 3 heterocycles. The summed E-state index contributed by atoms with van der Waals surface area (Å²) in [4.78, 5) is 23.7. The van der Waals surface area contributed by atoms with E-state index in [4.69, 9.17) is 23.2 Å². The average Bonchev–Trinajstić information content (AvgIpc) is 2.80. The van der Waals surface area contributed by atoms with Crippen molar-refractivity contribution in [3.8, 4) is 0 Å². The lowest BCUT2D eigenvalue weighted by Gasteiger charge is -2.46. The Morgan fingerprint density at radius 1 is 1.12 bits per heavy atom. The zero-order chi connectivity index (χ0) is 22.7. The number of piperazine rings is 1. The minimum atomic E-state index is -0.174. The fourth-order valence-corrected chi connectivity index (χ4v) is 5.36. The van der Waals surface area contributed by atoms with Gasteiger partial charge in [-0.3, -0.25) is 14.6 Å². The van der Waals surface area contributed by atoms with Gasteiger partial charge in [0.1, 0.15) is 5.82 Å². The molecule has 0 saturated carbocycles. The van der Waals surface area contributed by atoms with Crippen LogP contribution < -0.4 is 10.2 Å². The quantitative estimate of drug-likeness (QED) is 0.712. The largest absolute Gasteiger partial charge is 0.355 e. The van der Waals surface area contributed by atoms with E-state index >= 15 is 0 Å². The maximum absolute atomic E-state index is 11.8. The van der Waals surface area contributed by atoms with E-state index in [2.05, 4.69) is 44.1 Å². The Kier molecular flexibility index (Phi) is 7.56. The van der Waals surface area contributed by atoms with Crippen molar-refractivity contribution in [2.45, 2.75) is 25.9 Å². The number of nitrogens with one attached hydrogen (secondary N) is 1. The number of anilines is 1. The van der Waals surface area contributed by atoms with Crippen molar-refractivity contribution in [3.63, 3.8) is 0 Å². The van der Waals surface area contributed by atoms with Gasteiger partial charge in [0, 0.05) is 63.6 Å². The Balaban J connectivity index is 1.30. The van der Waals surface area contributed by atoms with Gasteiger partial charge < -0.3 is 10.2 Å². The Bertz CT molecular complexity index is 930. The molecule has 2 atom stereocenters. The first-order valence-corrected chi connectivity index (χ1v) is 12.0. The fraction of sp³-hybridized carbons (Fsp3) is 0.500. The number of likely N-dealkylation sites (tertiary alicyclic amines) is 1. The minimum Gasteiger partial charge on any atom is -0.355 e. The average molecular weight is 476 g/mol. The molecular weight excluding hydrogens is 445 g/mol. The Hall–Kier alpha value is -1.86. The molecule has 1 amide bonds. The van der Waals surface area contributed by atoms with E-state index < -0.39 is 0 Å². The maximum Gasteiger partial charge on any atom is 0.252 e. The monoisotopic (exact) mass is 475 g/mol. The van der Waals surface area contributed by atoms with Gasteiger partial charge in [0.15, 0.2) is 0 Å². The van der Waals surface area contributed by atoms with Crippen LogP contribution in [0.25, 0.3) is 0 Å². The molecule has 172 valence electrons. The van der Waals surface area contributed by atoms with Gasteiger partial charge in [-0.05, 0) is 42.6 Å². The Labute approximate surface area is 200 Å². The molecule has 0 aliphatic carbocycles. The molecule has 6 nitrogen and oxygen atoms in total. The number of halogens is 2. The topological polar surface area (TPSA) is 51.7 Å². The summed E-state index contributed by atoms with van der Waals surface area (Å²) in [6, 6.07) is 10.5. The number of amides is 1. The molecule has 0 radical (unpaired) electrons. The van der Waals surface area contributed by atoms with Crippen molar-refractivity contribution in [2.75, 3.05) is 51.2 Å². The van der Waals surface area contributed by atoms with Crippen LogP contribution in [0.4, 0.5) is 5.82 Å². The molecular formula is C24H31Cl2N5O. The first-order chi connectivity index (χ1) is 15.4. The van der Waals surface area contributed by atoms with Gasteiger partial charge in [-0.1, -0.05) is 42.3 Å². The highest BCUT2D eigenvalue weighted by molar-refractivity contribution is 6.33. The first kappa shape index (κ1) is 23.3. The highest BCUT2D eigenvalue weighted by atomic mass is 35.5. The van der Waals surface area contributed by atoms with E-state index in [0.717, 1.165) is 56.7 Å². The van der Waals surface area contributed by atoms with Crippen LogP contribution in [-0.2, 0) is 6.54 Å². The number of hydrogen-bond donors (Lipinski definition) is 1. The third-order valence-corrected chi connectivity index (χ3v) is 7.19. The van der Waals surface area contributed by atoms with Crippen LogP contribution in [0.5, 0.6) is 0 Å². The SMILES string of the molecule is CNC(=O)c1cnc(N2CCN(C3CCN(Cc4ccc(Cl)cc4)CC3C)CC2)c(Cl)c1. The second-order valence-electron chi connectivity index (χ2n) is 8.83. The van der Waals surface area contributed by atoms with Crippen molar-refractivity contribution >= 4 is 34.9 Å². The molecule has 8 heteroatoms. The molecule has 2 unspecified atom stereocenters. The minimum absolute atomic E-state index is 0.174. The van der Waals surface area contributed by atoms with Crippen LogP contribution in [0.1, 0.15) is 29.3 Å². The van der Waals surface area contributed by atoms with Crippen LogP contribution in [0.3, 0.4) is 0 Å². The molecule has 0 spiro atoms. The maximum atomic E-state index is 11.8. The summed E-state index contributed by atoms with van der Waals surface area (Å²) in [7, 11) is 1.60. The van der Waals surface area contributed by atoms with Crippen LogP contribution in [-0.4, -0.2) is 73.0 Å². The van der Waals surface area contributed by atoms with Crippen LogP contribution in [0.15, 0.2) is 36.5 Å². The number of pyridine rings is 1. The van der Waals surface area contributed by atoms with Crippen molar-refractivity contribution < 1.29 is 4.79 Å². The van der Waals surface area contributed by atoms with Crippen LogP contribution in [0, 0.1) is 5.92 Å². The molecule has 1 aromatic heterocycles. The van der Waals surface area contributed by atoms with Gasteiger partial charge in [-0.15, -0.1) is 0 Å². The number of piperidine rings is 1. The highest BCUT2D eigenvalue weighted by Gasteiger charge is 2.32. The standard InChI is InChI=1S/C24H31Cl2N5O/c1-17-15-29(16-18-3-5-20(25)6-4-18)8-7-22(17)30-9-11-31(12-10-30)23-21(26)13-19(14-28-23)24(32)27-2/h3-6,13-14,17,22H,7-12,15-16H2,1-2H3,(H,27,32). The summed E-state index contributed by atoms with van der Waals surface area (Å²) in [5.41, 5.74) is 1.81. The molecule has 2 aliphatic heterocycles. The van der Waals surface area contributed by atoms with Gasteiger partial charge >= 0.3 is 0 Å². The molecule has 4 rings (SSSR count). The summed E-state index contributed by atoms with van der Waals surface area (Å²) in [6.45, 7) is 9.38. The van der Waals surface area contributed by atoms with Gasteiger partial charge in [-0.2, -0.15) is 0 Å². The van der Waals surface area contributed by atoms with Crippen molar-refractivity contribution in [1.29, 1.82) is 0 Å². The molecule has 2 aliphatic rings. The van der Waals surface area contributed by atoms with Crippen LogP contribution >= 0.6 is 23.2 Å². The number of hydrogen-bond acceptors (Lipinski definition) is 5. The second-order valence-corrected chi connectivity index (χ2v) is 9.67. The third-order valence-electron chi connectivity index (χ3n) is 6.66. The summed E-state index contributed by atoms with van der Waals surface area (Å²) >= 11 is 12.5. The van der Waals surface area contributed by atoms with Gasteiger partial charge in [0.05, 0.1) is 10.6 Å². The summed E-state index contributed by atoms with van der Waals surface area (Å²) in [6.07, 6.45) is 2.79. The lowest BCUT2D eigenvalue weighted by atomic mass is 9.91. The zero-order valence-corrected chi connectivity index (χ0v) is 20.2. The summed E-state index contributed by atoms with van der Waals surface area (Å²) in [5, 5.41) is 3.93. The van der Waals surface area contributed by atoms with Crippen molar-refractivity contribution in [3.05, 3.63) is 57.7 Å². The van der Waals surface area contributed by atoms with E-state index in [1.807, 2.05) is 12.1 Å². The lowest BCUT2D eigenvalue weighted by Crippen LogP contribution is -2.56. The number of rotatable bonds is 5. The normalized spacial score (nSPS) is 22.7. The molecule has 0 bridgehead atoms. The molecule has 2 fully saturated rings. The lowest BCUT2D eigenvalue weighted by molar-refractivity contribution is 0.0568. The third kappa shape index (κ3) is 5.37. The molecule has 32 heavy (non-hydrogen) atoms. The van der Waals surface area contributed by atoms with E-state index in [-0.39, 0.29) is 5.91 Å². The molecule has 1 N–H and O–H groups in total. The van der Waals surface area contributed by atoms with Crippen molar-refractivity contribution in [2.24, 2.45) is 5.92 Å². The van der Waals surface area contributed by atoms with E-state index in [1.54, 1.807) is 19.3 Å². The van der Waals surface area contributed by atoms with Gasteiger partial charge in [-0.25, -0.2) is 4.98 Å². The van der Waals surface area contributed by atoms with Gasteiger partial charge in [0.25, 0.3) is 5.91 Å². The molecule has 2 aromatic rings. The fourth-order valence-electron chi connectivity index (χ4n) is 4.95. The highest BCUT2D eigenvalue weighted by Crippen LogP contribution is 2.28. The van der Waals surface area contributed by atoms with E-state index in [1.165, 1.54) is 12.0 Å². The van der Waals surface area contributed by atoms with E-state index in [0.29, 0.717) is 22.5 Å². The number of benzene rings is 1. The first-order valence-electron chi connectivity index (χ1n) is 11.3. The number of carbonyl (C=O) groups excluding carboxylic acids is 1. The number of carbonyl (C=O) groups is 1. The van der Waals surface area contributed by atoms with Gasteiger partial charge in [0.2, 0.25) is 0 Å². The predicted octanol–water partition coefficient (Wildman–Crippen LogP) is 3.78. The second kappa shape index (κ2) is 10.4. The molecule has 2 saturated heterocycles. The molecule has 1 aromatic carbocycles. The number of aromatic nitrogens is 1. The summed E-state index contributed by atoms with van der Waals surface area (Å²) in [5.74, 6) is 1.22. The summed E-state index contributed by atoms with van der Waals surface area (Å²) < 4.78 is 0. The van der Waals surface area contributed by atoms with Crippen LogP contribution in [0.2, 0.25) is 10.0 Å². The van der Waals surface area contributed by atoms with E-state index in [9.17, 15) is 4.79 Å². The number of nitrogens with zero attached hydrogens (tertiary/aromatic N) is 4. The zero-order valence-electron chi connectivity index (χ0n) is 18.7. The smallest absolute Gasteiger partial charge is 0.252 e.